The third-order valence-corrected chi connectivity index (χ3v) is 6.16. The van der Waals surface area contributed by atoms with E-state index in [-0.39, 0.29) is 33.4 Å². The molecule has 0 saturated heterocycles. The number of benzene rings is 2. The van der Waals surface area contributed by atoms with Crippen LogP contribution in [0.5, 0.6) is 0 Å². The molecule has 35 heavy (non-hydrogen) atoms. The number of H-pyrrole nitrogens is 1. The van der Waals surface area contributed by atoms with Gasteiger partial charge in [-0.05, 0) is 42.3 Å². The van der Waals surface area contributed by atoms with Gasteiger partial charge in [-0.25, -0.2) is 18.2 Å². The van der Waals surface area contributed by atoms with Crippen LogP contribution in [0.25, 0.3) is 22.2 Å². The first kappa shape index (κ1) is 24.6. The summed E-state index contributed by atoms with van der Waals surface area (Å²) in [6.07, 6.45) is -1.62. The molecule has 0 radical (unpaired) electrons. The molecule has 0 unspecified atom stereocenters. The highest BCUT2D eigenvalue weighted by molar-refractivity contribution is 8.00. The van der Waals surface area contributed by atoms with Crippen molar-refractivity contribution in [2.75, 3.05) is 10.5 Å². The van der Waals surface area contributed by atoms with E-state index in [2.05, 4.69) is 14.7 Å². The monoisotopic (exact) mass is 509 g/mol. The van der Waals surface area contributed by atoms with Gasteiger partial charge in [0.1, 0.15) is 17.3 Å². The molecular formula is C24H17F6N3OS. The summed E-state index contributed by atoms with van der Waals surface area (Å²) in [5, 5.41) is 0.142. The summed E-state index contributed by atoms with van der Waals surface area (Å²) in [5.74, 6) is -3.86. The predicted molar refractivity (Wildman–Crippen MR) is 123 cm³/mol. The van der Waals surface area contributed by atoms with Gasteiger partial charge in [0.15, 0.2) is 5.82 Å². The van der Waals surface area contributed by atoms with Gasteiger partial charge in [-0.3, -0.25) is 4.79 Å². The molecule has 4 nitrogen and oxygen atoms in total. The smallest absolute Gasteiger partial charge is 0.345 e. The second-order valence-electron chi connectivity index (χ2n) is 7.58. The van der Waals surface area contributed by atoms with Gasteiger partial charge in [0.2, 0.25) is 5.78 Å². The zero-order chi connectivity index (χ0) is 25.3. The number of aromatic nitrogens is 2. The molecule has 0 aliphatic carbocycles. The number of hydrogen-bond donors (Lipinski definition) is 2. The van der Waals surface area contributed by atoms with Gasteiger partial charge < -0.3 is 9.71 Å². The molecule has 0 fully saturated rings. The molecule has 2 heterocycles. The fraction of sp³-hybridized carbons (Fsp3) is 0.167. The highest BCUT2D eigenvalue weighted by Gasteiger charge is 2.34. The first-order valence-electron chi connectivity index (χ1n) is 10.4. The number of rotatable bonds is 7. The van der Waals surface area contributed by atoms with Crippen LogP contribution in [-0.4, -0.2) is 21.5 Å². The van der Waals surface area contributed by atoms with Crippen LogP contribution in [0, 0.1) is 17.5 Å². The number of fused-ring (bicyclic) bond motifs is 1. The van der Waals surface area contributed by atoms with E-state index in [9.17, 15) is 26.7 Å². The quantitative estimate of drug-likeness (QED) is 0.118. The summed E-state index contributed by atoms with van der Waals surface area (Å²) in [4.78, 5) is 20.0. The number of aromatic amines is 1. The number of nitrogens with one attached hydrogen (secondary N) is 2. The van der Waals surface area contributed by atoms with Crippen molar-refractivity contribution in [3.8, 4) is 11.1 Å². The fourth-order valence-corrected chi connectivity index (χ4v) is 4.10. The van der Waals surface area contributed by atoms with E-state index in [0.717, 1.165) is 18.6 Å². The van der Waals surface area contributed by atoms with E-state index in [4.69, 9.17) is 0 Å². The molecule has 0 bridgehead atoms. The van der Waals surface area contributed by atoms with E-state index in [0.29, 0.717) is 17.9 Å². The summed E-state index contributed by atoms with van der Waals surface area (Å²) < 4.78 is 85.4. The van der Waals surface area contributed by atoms with E-state index in [1.165, 1.54) is 36.5 Å². The van der Waals surface area contributed by atoms with Crippen molar-refractivity contribution in [1.29, 1.82) is 0 Å². The zero-order valence-corrected chi connectivity index (χ0v) is 18.9. The third-order valence-electron chi connectivity index (χ3n) is 5.19. The zero-order valence-electron chi connectivity index (χ0n) is 18.1. The van der Waals surface area contributed by atoms with Gasteiger partial charge in [-0.15, -0.1) is 0 Å². The number of nitrogens with zero attached hydrogens (tertiary/aromatic N) is 1. The number of alkyl halides is 3. The first-order valence-corrected chi connectivity index (χ1v) is 11.3. The second-order valence-corrected chi connectivity index (χ2v) is 8.48. The Labute approximate surface area is 199 Å². The minimum Gasteiger partial charge on any atom is -0.345 e. The fourth-order valence-electron chi connectivity index (χ4n) is 3.48. The predicted octanol–water partition coefficient (Wildman–Crippen LogP) is 7.37. The van der Waals surface area contributed by atoms with E-state index < -0.39 is 40.5 Å². The lowest BCUT2D eigenvalue weighted by atomic mass is 9.99. The maximum absolute atomic E-state index is 15.0. The molecule has 2 aromatic heterocycles. The van der Waals surface area contributed by atoms with Crippen LogP contribution in [-0.2, 0) is 6.18 Å². The molecule has 0 aliphatic rings. The number of anilines is 1. The van der Waals surface area contributed by atoms with Gasteiger partial charge in [0, 0.05) is 34.7 Å². The van der Waals surface area contributed by atoms with Crippen LogP contribution < -0.4 is 4.72 Å². The van der Waals surface area contributed by atoms with Crippen LogP contribution in [0.2, 0.25) is 0 Å². The molecular weight excluding hydrogens is 492 g/mol. The topological polar surface area (TPSA) is 57.8 Å². The van der Waals surface area contributed by atoms with Crippen LogP contribution in [0.4, 0.5) is 32.0 Å². The maximum atomic E-state index is 15.0. The number of pyridine rings is 1. The van der Waals surface area contributed by atoms with Crippen molar-refractivity contribution in [3.63, 3.8) is 0 Å². The van der Waals surface area contributed by atoms with Crippen molar-refractivity contribution in [3.05, 3.63) is 82.9 Å². The molecule has 2 N–H and O–H groups in total. The minimum atomic E-state index is -4.91. The summed E-state index contributed by atoms with van der Waals surface area (Å²) >= 11 is 1.20. The Kier molecular flexibility index (Phi) is 6.79. The van der Waals surface area contributed by atoms with E-state index in [1.807, 2.05) is 6.92 Å². The lowest BCUT2D eigenvalue weighted by molar-refractivity contribution is -0.139. The van der Waals surface area contributed by atoms with Gasteiger partial charge >= 0.3 is 6.18 Å². The molecule has 182 valence electrons. The van der Waals surface area contributed by atoms with Crippen molar-refractivity contribution in [2.45, 2.75) is 19.5 Å². The van der Waals surface area contributed by atoms with Crippen LogP contribution in [0.15, 0.2) is 48.8 Å². The van der Waals surface area contributed by atoms with Crippen molar-refractivity contribution < 1.29 is 31.1 Å². The van der Waals surface area contributed by atoms with Gasteiger partial charge in [-0.2, -0.15) is 13.2 Å². The van der Waals surface area contributed by atoms with Gasteiger partial charge in [0.05, 0.1) is 16.8 Å². The van der Waals surface area contributed by atoms with Gasteiger partial charge in [0.25, 0.3) is 0 Å². The van der Waals surface area contributed by atoms with E-state index in [1.54, 1.807) is 0 Å². The summed E-state index contributed by atoms with van der Waals surface area (Å²) in [6, 6.07) is 5.98. The van der Waals surface area contributed by atoms with Crippen LogP contribution in [0.1, 0.15) is 34.8 Å². The summed E-state index contributed by atoms with van der Waals surface area (Å²) in [5.41, 5.74) is -2.06. The normalized spacial score (nSPS) is 11.7. The summed E-state index contributed by atoms with van der Waals surface area (Å²) in [6.45, 7) is 1.93. The van der Waals surface area contributed by atoms with Crippen LogP contribution >= 0.6 is 11.9 Å². The van der Waals surface area contributed by atoms with Gasteiger partial charge in [-0.1, -0.05) is 24.9 Å². The first-order chi connectivity index (χ1) is 16.6. The van der Waals surface area contributed by atoms with E-state index >= 15 is 4.39 Å². The van der Waals surface area contributed by atoms with Crippen molar-refractivity contribution in [1.82, 2.24) is 9.97 Å². The molecule has 11 heteroatoms. The highest BCUT2D eigenvalue weighted by Crippen LogP contribution is 2.35. The number of carbonyl (C=O) groups excluding carboxylic acids is 1. The third kappa shape index (κ3) is 4.86. The Balaban J connectivity index is 1.77. The van der Waals surface area contributed by atoms with Crippen LogP contribution in [0.3, 0.4) is 0 Å². The maximum Gasteiger partial charge on any atom is 0.419 e. The molecule has 4 aromatic rings. The Morgan fingerprint density at radius 2 is 1.80 bits per heavy atom. The largest absolute Gasteiger partial charge is 0.419 e. The number of halogens is 6. The highest BCUT2D eigenvalue weighted by atomic mass is 32.2. The van der Waals surface area contributed by atoms with Crippen molar-refractivity contribution in [2.24, 2.45) is 0 Å². The SMILES string of the molecule is CCCSNc1ccc(F)c(C(=O)c2c[nH]c3ncc(-c4ccc(F)c(C(F)(F)F)c4)cc23)c1F. The average Bonchev–Trinajstić information content (AvgIpc) is 3.23. The average molecular weight is 509 g/mol. The molecule has 2 aromatic carbocycles. The number of ketones is 1. The summed E-state index contributed by atoms with van der Waals surface area (Å²) in [7, 11) is 0. The Hall–Kier alpha value is -3.47. The number of hydrogen-bond acceptors (Lipinski definition) is 4. The Morgan fingerprint density at radius 3 is 2.51 bits per heavy atom. The molecule has 4 rings (SSSR count). The molecule has 0 atom stereocenters. The molecule has 0 spiro atoms. The Bertz CT molecular complexity index is 1420. The molecule has 0 saturated carbocycles. The lowest BCUT2D eigenvalue weighted by Gasteiger charge is -2.11. The molecule has 0 aliphatic heterocycles. The molecule has 0 amide bonds. The lowest BCUT2D eigenvalue weighted by Crippen LogP contribution is -2.09. The minimum absolute atomic E-state index is 0.00392. The standard InChI is InChI=1S/C24H17F6N3OS/c1-2-7-35-33-19-6-5-18(26)20(21(19)27)22(34)15-11-32-23-14(15)8-13(10-31-23)12-3-4-17(25)16(9-12)24(28,29)30/h3-6,8-11,33H,2,7H2,1H3,(H,31,32). The van der Waals surface area contributed by atoms with Crippen molar-refractivity contribution >= 4 is 34.5 Å². The number of carbonyl (C=O) groups is 1. The Morgan fingerprint density at radius 1 is 1.06 bits per heavy atom. The second kappa shape index (κ2) is 9.65.